The highest BCUT2D eigenvalue weighted by molar-refractivity contribution is 6.36. The number of aromatic amines is 1. The zero-order valence-electron chi connectivity index (χ0n) is 16.9. The summed E-state index contributed by atoms with van der Waals surface area (Å²) in [5.41, 5.74) is 1.42. The Balaban J connectivity index is 1.49. The van der Waals surface area contributed by atoms with Crippen molar-refractivity contribution in [3.63, 3.8) is 0 Å². The fourth-order valence-corrected chi connectivity index (χ4v) is 4.44. The van der Waals surface area contributed by atoms with Crippen molar-refractivity contribution in [2.45, 2.75) is 25.9 Å². The highest BCUT2D eigenvalue weighted by Crippen LogP contribution is 2.33. The number of pyridine rings is 1. The minimum Gasteiger partial charge on any atom is -0.353 e. The van der Waals surface area contributed by atoms with Crippen LogP contribution in [0, 0.1) is 5.82 Å². The summed E-state index contributed by atoms with van der Waals surface area (Å²) < 4.78 is 16.0. The zero-order valence-corrected chi connectivity index (χ0v) is 17.6. The molecule has 1 aliphatic rings. The van der Waals surface area contributed by atoms with E-state index in [0.29, 0.717) is 50.5 Å². The molecule has 3 N–H and O–H groups in total. The van der Waals surface area contributed by atoms with Gasteiger partial charge in [0.05, 0.1) is 10.4 Å². The van der Waals surface area contributed by atoms with Gasteiger partial charge < -0.3 is 15.5 Å². The molecule has 10 heteroatoms. The predicted molar refractivity (Wildman–Crippen MR) is 117 cm³/mol. The molecule has 4 heterocycles. The van der Waals surface area contributed by atoms with Crippen molar-refractivity contribution in [3.05, 3.63) is 35.2 Å². The first-order valence-electron chi connectivity index (χ1n) is 9.83. The van der Waals surface area contributed by atoms with Gasteiger partial charge in [0.1, 0.15) is 17.2 Å². The smallest absolute Gasteiger partial charge is 0.186 e. The Morgan fingerprint density at radius 2 is 1.97 bits per heavy atom. The second kappa shape index (κ2) is 7.10. The number of piperazine rings is 1. The van der Waals surface area contributed by atoms with E-state index < -0.39 is 5.82 Å². The van der Waals surface area contributed by atoms with Crippen LogP contribution >= 0.6 is 11.6 Å². The highest BCUT2D eigenvalue weighted by Gasteiger charge is 2.24. The topological polar surface area (TPSA) is 86.7 Å². The van der Waals surface area contributed by atoms with Crippen molar-refractivity contribution in [1.82, 2.24) is 30.3 Å². The fourth-order valence-electron chi connectivity index (χ4n) is 4.16. The third kappa shape index (κ3) is 3.33. The number of aromatic nitrogens is 5. The summed E-state index contributed by atoms with van der Waals surface area (Å²) in [6.07, 6.45) is 1.77. The van der Waals surface area contributed by atoms with Gasteiger partial charge in [0.25, 0.3) is 0 Å². The molecule has 0 aliphatic carbocycles. The molecule has 0 spiro atoms. The van der Waals surface area contributed by atoms with Gasteiger partial charge in [-0.15, -0.1) is 0 Å². The number of rotatable bonds is 3. The summed E-state index contributed by atoms with van der Waals surface area (Å²) in [6, 6.07) is 5.82. The normalized spacial score (nSPS) is 19.7. The van der Waals surface area contributed by atoms with Crippen molar-refractivity contribution in [2.24, 2.45) is 7.05 Å². The summed E-state index contributed by atoms with van der Waals surface area (Å²) in [7, 11) is 1.76. The molecular formula is C20H22ClFN8. The minimum absolute atomic E-state index is 0.335. The van der Waals surface area contributed by atoms with Crippen LogP contribution in [-0.2, 0) is 7.05 Å². The van der Waals surface area contributed by atoms with Crippen LogP contribution in [0.15, 0.2) is 24.4 Å². The average Bonchev–Trinajstić information content (AvgIpc) is 3.24. The molecule has 0 radical (unpaired) electrons. The summed E-state index contributed by atoms with van der Waals surface area (Å²) in [5, 5.41) is 20.0. The number of aryl methyl sites for hydroxylation is 1. The lowest BCUT2D eigenvalue weighted by Crippen LogP contribution is -2.54. The Labute approximate surface area is 177 Å². The van der Waals surface area contributed by atoms with Crippen molar-refractivity contribution >= 4 is 50.9 Å². The van der Waals surface area contributed by atoms with E-state index in [4.69, 9.17) is 16.6 Å². The van der Waals surface area contributed by atoms with E-state index >= 15 is 0 Å². The van der Waals surface area contributed by atoms with Gasteiger partial charge in [0, 0.05) is 55.6 Å². The number of anilines is 3. The van der Waals surface area contributed by atoms with Crippen LogP contribution in [0.25, 0.3) is 21.9 Å². The third-order valence-corrected chi connectivity index (χ3v) is 5.59. The van der Waals surface area contributed by atoms with E-state index in [2.05, 4.69) is 44.7 Å². The second-order valence-electron chi connectivity index (χ2n) is 7.96. The molecule has 1 fully saturated rings. The van der Waals surface area contributed by atoms with Gasteiger partial charge in [-0.2, -0.15) is 10.2 Å². The molecule has 0 unspecified atom stereocenters. The van der Waals surface area contributed by atoms with Gasteiger partial charge in [-0.05, 0) is 26.0 Å². The molecule has 3 aromatic heterocycles. The van der Waals surface area contributed by atoms with E-state index in [1.807, 2.05) is 12.1 Å². The number of hydrogen-bond donors (Lipinski definition) is 3. The second-order valence-corrected chi connectivity index (χ2v) is 8.36. The van der Waals surface area contributed by atoms with Gasteiger partial charge in [0.2, 0.25) is 0 Å². The fraction of sp³-hybridized carbons (Fsp3) is 0.350. The van der Waals surface area contributed by atoms with Crippen molar-refractivity contribution in [3.8, 4) is 0 Å². The first-order chi connectivity index (χ1) is 14.4. The predicted octanol–water partition coefficient (Wildman–Crippen LogP) is 3.57. The minimum atomic E-state index is -0.395. The monoisotopic (exact) mass is 428 g/mol. The molecule has 8 nitrogen and oxygen atoms in total. The molecule has 5 rings (SSSR count). The molecule has 0 bridgehead atoms. The Hall–Kier alpha value is -2.91. The molecule has 1 saturated heterocycles. The highest BCUT2D eigenvalue weighted by atomic mass is 35.5. The Morgan fingerprint density at radius 3 is 2.73 bits per heavy atom. The van der Waals surface area contributed by atoms with Gasteiger partial charge >= 0.3 is 0 Å². The van der Waals surface area contributed by atoms with E-state index in [9.17, 15) is 4.39 Å². The van der Waals surface area contributed by atoms with E-state index in [-0.39, 0.29) is 0 Å². The van der Waals surface area contributed by atoms with Crippen LogP contribution in [0.3, 0.4) is 0 Å². The van der Waals surface area contributed by atoms with E-state index in [1.54, 1.807) is 17.9 Å². The lowest BCUT2D eigenvalue weighted by atomic mass is 10.1. The zero-order chi connectivity index (χ0) is 21.0. The Bertz CT molecular complexity index is 1240. The first-order valence-corrected chi connectivity index (χ1v) is 10.2. The molecule has 1 aliphatic heterocycles. The number of benzene rings is 1. The van der Waals surface area contributed by atoms with Crippen molar-refractivity contribution in [2.75, 3.05) is 23.3 Å². The molecule has 0 saturated carbocycles. The number of fused-ring (bicyclic) bond motifs is 2. The van der Waals surface area contributed by atoms with Crippen molar-refractivity contribution in [1.29, 1.82) is 0 Å². The summed E-state index contributed by atoms with van der Waals surface area (Å²) in [4.78, 5) is 6.92. The van der Waals surface area contributed by atoms with Crippen LogP contribution in [-0.4, -0.2) is 50.1 Å². The molecule has 156 valence electrons. The number of nitrogens with one attached hydrogen (secondary N) is 3. The molecule has 0 amide bonds. The number of H-pyrrole nitrogens is 1. The lowest BCUT2D eigenvalue weighted by molar-refractivity contribution is 0.405. The Morgan fingerprint density at radius 1 is 1.20 bits per heavy atom. The van der Waals surface area contributed by atoms with Crippen LogP contribution in [0.2, 0.25) is 5.02 Å². The summed E-state index contributed by atoms with van der Waals surface area (Å²) in [6.45, 7) is 5.99. The quantitative estimate of drug-likeness (QED) is 0.462. The molecule has 30 heavy (non-hydrogen) atoms. The SMILES string of the molecule is C[C@H]1CN(c2cc(Cl)c3c(Nc4cc(F)c5nn(C)cc5c4)[nH]nc3n2)C[C@H](C)N1. The Kier molecular flexibility index (Phi) is 4.52. The average molecular weight is 429 g/mol. The van der Waals surface area contributed by atoms with Crippen LogP contribution in [0.1, 0.15) is 13.8 Å². The van der Waals surface area contributed by atoms with Crippen LogP contribution in [0.5, 0.6) is 0 Å². The molecule has 1 aromatic carbocycles. The molecule has 2 atom stereocenters. The van der Waals surface area contributed by atoms with Gasteiger partial charge in [-0.3, -0.25) is 9.78 Å². The summed E-state index contributed by atoms with van der Waals surface area (Å²) >= 11 is 6.63. The summed E-state index contributed by atoms with van der Waals surface area (Å²) in [5.74, 6) is 0.972. The van der Waals surface area contributed by atoms with Crippen molar-refractivity contribution < 1.29 is 4.39 Å². The molecule has 4 aromatic rings. The van der Waals surface area contributed by atoms with Gasteiger partial charge in [0.15, 0.2) is 11.5 Å². The lowest BCUT2D eigenvalue weighted by Gasteiger charge is -2.36. The maximum Gasteiger partial charge on any atom is 0.186 e. The standard InChI is InChI=1S/C20H22ClFN8/c1-10-7-30(8-11(2)23-10)16-6-14(21)17-19(26-27-20(17)25-16)24-13-4-12-9-29(3)28-18(12)15(22)5-13/h4-6,9-11,23H,7-8H2,1-3H3,(H2,24,25,26,27)/t10-,11-/m0/s1. The van der Waals surface area contributed by atoms with Crippen LogP contribution in [0.4, 0.5) is 21.7 Å². The third-order valence-electron chi connectivity index (χ3n) is 5.29. The van der Waals surface area contributed by atoms with Gasteiger partial charge in [-0.25, -0.2) is 9.37 Å². The first kappa shape index (κ1) is 19.1. The molecular weight excluding hydrogens is 407 g/mol. The largest absolute Gasteiger partial charge is 0.353 e. The maximum absolute atomic E-state index is 14.4. The van der Waals surface area contributed by atoms with Crippen LogP contribution < -0.4 is 15.5 Å². The number of halogens is 2. The van der Waals surface area contributed by atoms with Gasteiger partial charge in [-0.1, -0.05) is 11.6 Å². The number of nitrogens with zero attached hydrogens (tertiary/aromatic N) is 5. The van der Waals surface area contributed by atoms with E-state index in [0.717, 1.165) is 18.9 Å². The number of hydrogen-bond acceptors (Lipinski definition) is 6. The maximum atomic E-state index is 14.4. The van der Waals surface area contributed by atoms with E-state index in [1.165, 1.54) is 6.07 Å².